The first-order chi connectivity index (χ1) is 13.1. The fourth-order valence-electron chi connectivity index (χ4n) is 3.18. The lowest BCUT2D eigenvalue weighted by Gasteiger charge is -2.33. The van der Waals surface area contributed by atoms with Gasteiger partial charge < -0.3 is 15.1 Å². The molecule has 3 heterocycles. The van der Waals surface area contributed by atoms with E-state index in [1.54, 1.807) is 36.5 Å². The zero-order chi connectivity index (χ0) is 18.8. The minimum Gasteiger partial charge on any atom is -0.368 e. The summed E-state index contributed by atoms with van der Waals surface area (Å²) in [5.74, 6) is 0.0252. The highest BCUT2D eigenvalue weighted by molar-refractivity contribution is 6.10. The van der Waals surface area contributed by atoms with E-state index in [1.807, 2.05) is 6.07 Å². The molecule has 1 fully saturated rings. The third-order valence-corrected chi connectivity index (χ3v) is 4.77. The Kier molecular flexibility index (Phi) is 4.55. The number of fused-ring (bicyclic) bond motifs is 1. The quantitative estimate of drug-likeness (QED) is 0.728. The average Bonchev–Trinajstić information content (AvgIpc) is 2.70. The number of nitrogens with one attached hydrogen (secondary N) is 2. The van der Waals surface area contributed by atoms with E-state index in [9.17, 15) is 9.59 Å². The molecule has 138 valence electrons. The van der Waals surface area contributed by atoms with E-state index in [4.69, 9.17) is 0 Å². The number of likely N-dealkylation sites (N-methyl/N-ethyl adjacent to an activating group) is 1. The fraction of sp³-hybridized carbons (Fsp3) is 0.263. The Labute approximate surface area is 155 Å². The molecule has 0 radical (unpaired) electrons. The Balaban J connectivity index is 1.52. The van der Waals surface area contributed by atoms with Gasteiger partial charge in [-0.3, -0.25) is 9.59 Å². The molecule has 1 saturated heterocycles. The van der Waals surface area contributed by atoms with Gasteiger partial charge in [0.15, 0.2) is 5.69 Å². The van der Waals surface area contributed by atoms with Gasteiger partial charge in [-0.25, -0.2) is 10.1 Å². The second kappa shape index (κ2) is 7.16. The van der Waals surface area contributed by atoms with Crippen LogP contribution in [0, 0.1) is 0 Å². The first kappa shape index (κ1) is 17.2. The van der Waals surface area contributed by atoms with Crippen molar-refractivity contribution in [2.24, 2.45) is 0 Å². The van der Waals surface area contributed by atoms with E-state index < -0.39 is 5.91 Å². The van der Waals surface area contributed by atoms with Crippen LogP contribution in [0.1, 0.15) is 10.5 Å². The van der Waals surface area contributed by atoms with Crippen LogP contribution in [-0.4, -0.2) is 59.2 Å². The number of pyridine rings is 1. The average molecular weight is 364 g/mol. The Morgan fingerprint density at radius 3 is 2.52 bits per heavy atom. The van der Waals surface area contributed by atoms with Gasteiger partial charge in [0.05, 0.1) is 17.3 Å². The van der Waals surface area contributed by atoms with E-state index >= 15 is 0 Å². The van der Waals surface area contributed by atoms with Crippen LogP contribution in [0.2, 0.25) is 0 Å². The molecule has 0 saturated carbocycles. The summed E-state index contributed by atoms with van der Waals surface area (Å²) in [6, 6.07) is 10.6. The van der Waals surface area contributed by atoms with Gasteiger partial charge in [0.25, 0.3) is 11.5 Å². The van der Waals surface area contributed by atoms with Crippen molar-refractivity contribution >= 4 is 28.2 Å². The molecule has 8 heteroatoms. The van der Waals surface area contributed by atoms with Crippen LogP contribution in [0.15, 0.2) is 47.4 Å². The zero-order valence-electron chi connectivity index (χ0n) is 15.0. The number of aromatic amines is 1. The van der Waals surface area contributed by atoms with Crippen LogP contribution in [-0.2, 0) is 0 Å². The molecule has 1 aliphatic rings. The lowest BCUT2D eigenvalue weighted by molar-refractivity contribution is 0.102. The molecule has 0 spiro atoms. The summed E-state index contributed by atoms with van der Waals surface area (Å²) in [6.07, 6.45) is 1.76. The Bertz CT molecular complexity index is 1020. The third-order valence-electron chi connectivity index (χ3n) is 4.77. The first-order valence-electron chi connectivity index (χ1n) is 8.80. The van der Waals surface area contributed by atoms with Crippen molar-refractivity contribution in [3.63, 3.8) is 0 Å². The number of anilines is 2. The van der Waals surface area contributed by atoms with Crippen molar-refractivity contribution in [2.45, 2.75) is 0 Å². The smallest absolute Gasteiger partial charge is 0.277 e. The number of hydrogen-bond acceptors (Lipinski definition) is 6. The van der Waals surface area contributed by atoms with Gasteiger partial charge in [-0.1, -0.05) is 18.2 Å². The summed E-state index contributed by atoms with van der Waals surface area (Å²) >= 11 is 0. The number of piperazine rings is 1. The maximum atomic E-state index is 12.6. The minimum atomic E-state index is -0.415. The predicted molar refractivity (Wildman–Crippen MR) is 104 cm³/mol. The molecule has 0 bridgehead atoms. The van der Waals surface area contributed by atoms with Gasteiger partial charge in [-0.15, -0.1) is 0 Å². The topological polar surface area (TPSA) is 94.2 Å². The molecule has 1 amide bonds. The number of rotatable bonds is 3. The SMILES string of the molecule is CN1CCN(c2ccc(NC(=O)c3n[nH]c(=O)c4ccccc34)nc2)CC1. The summed E-state index contributed by atoms with van der Waals surface area (Å²) in [5, 5.41) is 9.96. The monoisotopic (exact) mass is 364 g/mol. The molecular formula is C19H20N6O2. The molecule has 27 heavy (non-hydrogen) atoms. The summed E-state index contributed by atoms with van der Waals surface area (Å²) in [4.78, 5) is 33.4. The van der Waals surface area contributed by atoms with Crippen molar-refractivity contribution in [3.05, 3.63) is 58.6 Å². The zero-order valence-corrected chi connectivity index (χ0v) is 15.0. The van der Waals surface area contributed by atoms with E-state index in [-0.39, 0.29) is 11.3 Å². The van der Waals surface area contributed by atoms with Gasteiger partial charge in [0.1, 0.15) is 5.82 Å². The van der Waals surface area contributed by atoms with Crippen molar-refractivity contribution < 1.29 is 4.79 Å². The fourth-order valence-corrected chi connectivity index (χ4v) is 3.18. The van der Waals surface area contributed by atoms with Gasteiger partial charge in [-0.05, 0) is 25.2 Å². The van der Waals surface area contributed by atoms with E-state index in [0.717, 1.165) is 31.9 Å². The van der Waals surface area contributed by atoms with Crippen LogP contribution < -0.4 is 15.8 Å². The van der Waals surface area contributed by atoms with Gasteiger partial charge >= 0.3 is 0 Å². The number of H-pyrrole nitrogens is 1. The number of nitrogens with zero attached hydrogens (tertiary/aromatic N) is 4. The van der Waals surface area contributed by atoms with Crippen molar-refractivity contribution in [3.8, 4) is 0 Å². The van der Waals surface area contributed by atoms with E-state index in [2.05, 4.69) is 37.3 Å². The number of carbonyl (C=O) groups is 1. The van der Waals surface area contributed by atoms with Crippen LogP contribution in [0.25, 0.3) is 10.8 Å². The summed E-state index contributed by atoms with van der Waals surface area (Å²) in [6.45, 7) is 3.95. The maximum Gasteiger partial charge on any atom is 0.277 e. The van der Waals surface area contributed by atoms with Gasteiger partial charge in [-0.2, -0.15) is 5.10 Å². The van der Waals surface area contributed by atoms with Gasteiger partial charge in [0.2, 0.25) is 0 Å². The summed E-state index contributed by atoms with van der Waals surface area (Å²) in [5.41, 5.74) is 0.876. The van der Waals surface area contributed by atoms with Crippen molar-refractivity contribution in [2.75, 3.05) is 43.4 Å². The number of carbonyl (C=O) groups excluding carboxylic acids is 1. The summed E-state index contributed by atoms with van der Waals surface area (Å²) < 4.78 is 0. The standard InChI is InChI=1S/C19H20N6O2/c1-24-8-10-25(11-9-24)13-6-7-16(20-12-13)21-19(27)17-14-4-2-3-5-15(14)18(26)23-22-17/h2-7,12H,8-11H2,1H3,(H,23,26)(H,20,21,27). The first-order valence-corrected chi connectivity index (χ1v) is 8.80. The third kappa shape index (κ3) is 3.52. The van der Waals surface area contributed by atoms with E-state index in [1.165, 1.54) is 0 Å². The molecular weight excluding hydrogens is 344 g/mol. The Morgan fingerprint density at radius 1 is 1.07 bits per heavy atom. The lowest BCUT2D eigenvalue weighted by atomic mass is 10.1. The van der Waals surface area contributed by atoms with Crippen LogP contribution in [0.3, 0.4) is 0 Å². The highest BCUT2D eigenvalue weighted by Gasteiger charge is 2.16. The van der Waals surface area contributed by atoms with Gasteiger partial charge in [0, 0.05) is 31.6 Å². The number of amides is 1. The number of hydrogen-bond donors (Lipinski definition) is 2. The van der Waals surface area contributed by atoms with Crippen molar-refractivity contribution in [1.82, 2.24) is 20.1 Å². The molecule has 0 unspecified atom stereocenters. The maximum absolute atomic E-state index is 12.6. The lowest BCUT2D eigenvalue weighted by Crippen LogP contribution is -2.44. The predicted octanol–water partition coefficient (Wildman–Crippen LogP) is 1.32. The number of benzene rings is 1. The molecule has 1 aromatic carbocycles. The van der Waals surface area contributed by atoms with Crippen LogP contribution in [0.5, 0.6) is 0 Å². The second-order valence-electron chi connectivity index (χ2n) is 6.59. The molecule has 8 nitrogen and oxygen atoms in total. The molecule has 0 aliphatic carbocycles. The number of aromatic nitrogens is 3. The summed E-state index contributed by atoms with van der Waals surface area (Å²) in [7, 11) is 2.11. The highest BCUT2D eigenvalue weighted by Crippen LogP contribution is 2.18. The Morgan fingerprint density at radius 2 is 1.81 bits per heavy atom. The molecule has 4 rings (SSSR count). The molecule has 1 aliphatic heterocycles. The molecule has 2 N–H and O–H groups in total. The molecule has 0 atom stereocenters. The molecule has 2 aromatic heterocycles. The van der Waals surface area contributed by atoms with Crippen LogP contribution in [0.4, 0.5) is 11.5 Å². The minimum absolute atomic E-state index is 0.162. The van der Waals surface area contributed by atoms with Crippen molar-refractivity contribution in [1.29, 1.82) is 0 Å². The highest BCUT2D eigenvalue weighted by atomic mass is 16.2. The largest absolute Gasteiger partial charge is 0.368 e. The normalized spacial score (nSPS) is 15.1. The second-order valence-corrected chi connectivity index (χ2v) is 6.59. The van der Waals surface area contributed by atoms with E-state index in [0.29, 0.717) is 16.6 Å². The Hall–Kier alpha value is -3.26. The molecule has 3 aromatic rings. The van der Waals surface area contributed by atoms with Crippen LogP contribution >= 0.6 is 0 Å².